The number of halogens is 4. The largest absolute Gasteiger partial charge is 0.461 e. The van der Waals surface area contributed by atoms with E-state index in [4.69, 9.17) is 4.74 Å². The van der Waals surface area contributed by atoms with Crippen LogP contribution in [0.3, 0.4) is 0 Å². The summed E-state index contributed by atoms with van der Waals surface area (Å²) in [4.78, 5) is 11.6. The number of carbonyl (C=O) groups is 1. The number of hydrogen-bond acceptors (Lipinski definition) is 4. The lowest BCUT2D eigenvalue weighted by molar-refractivity contribution is -0.135. The Morgan fingerprint density at radius 3 is 2.48 bits per heavy atom. The minimum Gasteiger partial charge on any atom is -0.461 e. The van der Waals surface area contributed by atoms with Crippen LogP contribution in [0.25, 0.3) is 0 Å². The van der Waals surface area contributed by atoms with Gasteiger partial charge in [0.05, 0.1) is 18.3 Å². The molecular weight excluding hydrogens is 342 g/mol. The average molecular weight is 359 g/mol. The third-order valence-corrected chi connectivity index (χ3v) is 4.36. The molecule has 0 saturated heterocycles. The smallest absolute Gasteiger partial charge is 0.390 e. The van der Waals surface area contributed by atoms with Gasteiger partial charge in [0.2, 0.25) is 0 Å². The van der Waals surface area contributed by atoms with E-state index in [1.165, 1.54) is 10.6 Å². The van der Waals surface area contributed by atoms with Gasteiger partial charge in [-0.15, -0.1) is 3.89 Å². The molecule has 0 bridgehead atoms. The topological polar surface area (TPSA) is 65.4 Å². The van der Waals surface area contributed by atoms with E-state index in [9.17, 15) is 30.3 Å². The number of aryl methyl sites for hydroxylation is 1. The van der Waals surface area contributed by atoms with Crippen LogP contribution in [-0.4, -0.2) is 37.0 Å². The van der Waals surface area contributed by atoms with Gasteiger partial charge in [-0.2, -0.15) is 21.6 Å². The number of nitrogens with zero attached hydrogens (tertiary/aromatic N) is 1. The van der Waals surface area contributed by atoms with Crippen LogP contribution in [0.5, 0.6) is 0 Å². The third kappa shape index (κ3) is 7.02. The molecule has 132 valence electrons. The van der Waals surface area contributed by atoms with E-state index >= 15 is 0 Å². The second kappa shape index (κ2) is 7.80. The molecule has 1 unspecified atom stereocenters. The summed E-state index contributed by atoms with van der Waals surface area (Å²) in [5.41, 5.74) is 0.311. The maximum Gasteiger partial charge on any atom is 0.390 e. The van der Waals surface area contributed by atoms with E-state index in [-0.39, 0.29) is 19.4 Å². The van der Waals surface area contributed by atoms with Crippen LogP contribution in [-0.2, 0) is 22.0 Å². The SMILES string of the molecule is Cn1cccc1C(=O)OCCCCC(CC(F)(F)F)S(=O)(=O)F. The first kappa shape index (κ1) is 19.5. The Balaban J connectivity index is 2.37. The molecule has 1 atom stereocenters. The van der Waals surface area contributed by atoms with E-state index in [2.05, 4.69) is 0 Å². The Labute approximate surface area is 131 Å². The van der Waals surface area contributed by atoms with Gasteiger partial charge in [-0.1, -0.05) is 0 Å². The van der Waals surface area contributed by atoms with Gasteiger partial charge in [-0.25, -0.2) is 4.79 Å². The predicted molar refractivity (Wildman–Crippen MR) is 74.0 cm³/mol. The fourth-order valence-electron chi connectivity index (χ4n) is 1.99. The van der Waals surface area contributed by atoms with Crippen molar-refractivity contribution in [3.05, 3.63) is 24.0 Å². The number of carbonyl (C=O) groups excluding carboxylic acids is 1. The minimum atomic E-state index is -5.27. The molecule has 10 heteroatoms. The van der Waals surface area contributed by atoms with Crippen molar-refractivity contribution in [3.8, 4) is 0 Å². The molecule has 0 radical (unpaired) electrons. The summed E-state index contributed by atoms with van der Waals surface area (Å²) >= 11 is 0. The maximum atomic E-state index is 12.8. The zero-order valence-corrected chi connectivity index (χ0v) is 13.2. The number of alkyl halides is 3. The molecule has 0 fully saturated rings. The summed E-state index contributed by atoms with van der Waals surface area (Å²) in [6, 6.07) is 3.18. The summed E-state index contributed by atoms with van der Waals surface area (Å²) in [5.74, 6) is -0.595. The van der Waals surface area contributed by atoms with Crippen molar-refractivity contribution in [1.82, 2.24) is 4.57 Å². The average Bonchev–Trinajstić information content (AvgIpc) is 2.80. The van der Waals surface area contributed by atoms with Crippen molar-refractivity contribution in [3.63, 3.8) is 0 Å². The zero-order valence-electron chi connectivity index (χ0n) is 12.3. The fourth-order valence-corrected chi connectivity index (χ4v) is 2.82. The Morgan fingerprint density at radius 1 is 1.35 bits per heavy atom. The quantitative estimate of drug-likeness (QED) is 0.310. The lowest BCUT2D eigenvalue weighted by atomic mass is 10.1. The van der Waals surface area contributed by atoms with Gasteiger partial charge >= 0.3 is 22.4 Å². The molecule has 0 spiro atoms. The second-order valence-electron chi connectivity index (χ2n) is 5.05. The molecule has 0 aliphatic carbocycles. The molecule has 1 aromatic rings. The van der Waals surface area contributed by atoms with Crippen LogP contribution in [0.4, 0.5) is 17.1 Å². The first-order valence-corrected chi connectivity index (χ1v) is 8.24. The Bertz CT molecular complexity index is 624. The van der Waals surface area contributed by atoms with E-state index in [0.717, 1.165) is 0 Å². The number of unbranched alkanes of at least 4 members (excludes halogenated alkanes) is 1. The summed E-state index contributed by atoms with van der Waals surface area (Å²) in [6.07, 6.45) is -5.20. The third-order valence-electron chi connectivity index (χ3n) is 3.16. The predicted octanol–water partition coefficient (Wildman–Crippen LogP) is 2.97. The Morgan fingerprint density at radius 2 is 2.00 bits per heavy atom. The number of esters is 1. The molecule has 1 aromatic heterocycles. The first-order chi connectivity index (χ1) is 10.5. The van der Waals surface area contributed by atoms with Gasteiger partial charge in [-0.05, 0) is 31.4 Å². The van der Waals surface area contributed by atoms with Gasteiger partial charge < -0.3 is 9.30 Å². The summed E-state index contributed by atoms with van der Waals surface area (Å²) in [7, 11) is -3.63. The van der Waals surface area contributed by atoms with Crippen molar-refractivity contribution in [2.45, 2.75) is 37.1 Å². The van der Waals surface area contributed by atoms with Crippen molar-refractivity contribution >= 4 is 16.2 Å². The highest BCUT2D eigenvalue weighted by Gasteiger charge is 2.38. The highest BCUT2D eigenvalue weighted by Crippen LogP contribution is 2.28. The molecule has 23 heavy (non-hydrogen) atoms. The molecule has 0 aliphatic rings. The van der Waals surface area contributed by atoms with E-state index in [1.807, 2.05) is 0 Å². The number of aromatic nitrogens is 1. The first-order valence-electron chi connectivity index (χ1n) is 6.79. The number of hydrogen-bond donors (Lipinski definition) is 0. The summed E-state index contributed by atoms with van der Waals surface area (Å²) < 4.78 is 77.4. The standard InChI is InChI=1S/C13H17F4NO4S/c1-18-7-4-6-11(18)12(19)22-8-3-2-5-10(23(17,20)21)9-13(14,15)16/h4,6-7,10H,2-3,5,8-9H2,1H3. The molecule has 5 nitrogen and oxygen atoms in total. The molecule has 1 heterocycles. The number of ether oxygens (including phenoxy) is 1. The molecule has 0 N–H and O–H groups in total. The molecular formula is C13H17F4NO4S. The Kier molecular flexibility index (Phi) is 6.60. The lowest BCUT2D eigenvalue weighted by Gasteiger charge is -2.14. The maximum absolute atomic E-state index is 12.8. The van der Waals surface area contributed by atoms with Crippen molar-refractivity contribution in [2.24, 2.45) is 7.05 Å². The highest BCUT2D eigenvalue weighted by molar-refractivity contribution is 7.87. The van der Waals surface area contributed by atoms with Gasteiger partial charge in [0.1, 0.15) is 5.69 Å². The Hall–Kier alpha value is -1.58. The van der Waals surface area contributed by atoms with Crippen LogP contribution in [0.2, 0.25) is 0 Å². The van der Waals surface area contributed by atoms with Crippen LogP contribution in [0, 0.1) is 0 Å². The highest BCUT2D eigenvalue weighted by atomic mass is 32.3. The van der Waals surface area contributed by atoms with Gasteiger partial charge in [0.25, 0.3) is 0 Å². The van der Waals surface area contributed by atoms with Gasteiger partial charge in [0.15, 0.2) is 0 Å². The normalized spacial score (nSPS) is 13.8. The monoisotopic (exact) mass is 359 g/mol. The van der Waals surface area contributed by atoms with E-state index in [1.54, 1.807) is 19.3 Å². The lowest BCUT2D eigenvalue weighted by Crippen LogP contribution is -2.25. The van der Waals surface area contributed by atoms with E-state index < -0.39 is 40.5 Å². The van der Waals surface area contributed by atoms with Crippen LogP contribution in [0.15, 0.2) is 18.3 Å². The van der Waals surface area contributed by atoms with E-state index in [0.29, 0.717) is 5.69 Å². The second-order valence-corrected chi connectivity index (χ2v) is 6.67. The fraction of sp³-hybridized carbons (Fsp3) is 0.615. The van der Waals surface area contributed by atoms with Crippen LogP contribution in [0.1, 0.15) is 36.2 Å². The van der Waals surface area contributed by atoms with Gasteiger partial charge in [0, 0.05) is 13.2 Å². The summed E-state index contributed by atoms with van der Waals surface area (Å²) in [5, 5.41) is -2.12. The molecule has 0 saturated carbocycles. The van der Waals surface area contributed by atoms with Crippen LogP contribution < -0.4 is 0 Å². The van der Waals surface area contributed by atoms with Crippen LogP contribution >= 0.6 is 0 Å². The summed E-state index contributed by atoms with van der Waals surface area (Å²) in [6.45, 7) is -0.0882. The molecule has 0 aliphatic heterocycles. The zero-order chi connectivity index (χ0) is 17.7. The van der Waals surface area contributed by atoms with Crippen molar-refractivity contribution in [1.29, 1.82) is 0 Å². The molecule has 0 aromatic carbocycles. The minimum absolute atomic E-state index is 0.00961. The van der Waals surface area contributed by atoms with Crippen molar-refractivity contribution < 1.29 is 35.0 Å². The molecule has 1 rings (SSSR count). The number of rotatable bonds is 8. The molecule has 0 amide bonds. The van der Waals surface area contributed by atoms with Crippen molar-refractivity contribution in [2.75, 3.05) is 6.61 Å². The van der Waals surface area contributed by atoms with Gasteiger partial charge in [-0.3, -0.25) is 0 Å².